The average molecular weight is 406 g/mol. The molecule has 0 aliphatic heterocycles. The second-order valence-corrected chi connectivity index (χ2v) is 7.13. The van der Waals surface area contributed by atoms with Crippen molar-refractivity contribution in [2.45, 2.75) is 26.7 Å². The molecule has 0 saturated carbocycles. The number of aromatic amines is 2. The molecular formula is C22H27N7O. The Hall–Kier alpha value is -3.55. The zero-order chi connectivity index (χ0) is 20.8. The van der Waals surface area contributed by atoms with Crippen LogP contribution in [-0.2, 0) is 12.8 Å². The zero-order valence-corrected chi connectivity index (χ0v) is 17.3. The smallest absolute Gasteiger partial charge is 0.216 e. The summed E-state index contributed by atoms with van der Waals surface area (Å²) in [6.07, 6.45) is 5.30. The molecule has 1 aromatic carbocycles. The van der Waals surface area contributed by atoms with Crippen molar-refractivity contribution >= 4 is 16.9 Å². The van der Waals surface area contributed by atoms with Gasteiger partial charge in [0.05, 0.1) is 6.26 Å². The molecule has 8 heteroatoms. The van der Waals surface area contributed by atoms with Crippen LogP contribution >= 0.6 is 0 Å². The minimum atomic E-state index is 0.568. The molecule has 0 aliphatic rings. The van der Waals surface area contributed by atoms with Crippen LogP contribution in [0.2, 0.25) is 0 Å². The number of benzene rings is 1. The van der Waals surface area contributed by atoms with Gasteiger partial charge in [-0.15, -0.1) is 0 Å². The molecule has 4 aromatic rings. The number of guanidine groups is 1. The molecule has 0 bridgehead atoms. The van der Waals surface area contributed by atoms with Crippen molar-refractivity contribution in [3.05, 3.63) is 59.7 Å². The van der Waals surface area contributed by atoms with E-state index >= 15 is 0 Å². The fourth-order valence-corrected chi connectivity index (χ4v) is 3.36. The van der Waals surface area contributed by atoms with Crippen LogP contribution in [0.1, 0.15) is 23.9 Å². The summed E-state index contributed by atoms with van der Waals surface area (Å²) in [7, 11) is 0. The number of fused-ring (bicyclic) bond motifs is 1. The van der Waals surface area contributed by atoms with Crippen LogP contribution in [0.5, 0.6) is 0 Å². The Morgan fingerprint density at radius 3 is 2.97 bits per heavy atom. The summed E-state index contributed by atoms with van der Waals surface area (Å²) in [5, 5.41) is 15.1. The molecule has 0 atom stereocenters. The SMILES string of the molecule is CCNC(=NCCc1nc(-c2ccco2)n[nH]1)NCCc1c[nH]c2cc(C)ccc12. The monoisotopic (exact) mass is 405 g/mol. The number of hydrogen-bond donors (Lipinski definition) is 4. The van der Waals surface area contributed by atoms with Crippen LogP contribution in [0, 0.1) is 6.92 Å². The third kappa shape index (κ3) is 4.71. The summed E-state index contributed by atoms with van der Waals surface area (Å²) in [6, 6.07) is 10.2. The molecule has 0 radical (unpaired) electrons. The Kier molecular flexibility index (Phi) is 6.12. The van der Waals surface area contributed by atoms with Crippen molar-refractivity contribution in [2.24, 2.45) is 4.99 Å². The second-order valence-electron chi connectivity index (χ2n) is 7.13. The van der Waals surface area contributed by atoms with Gasteiger partial charge < -0.3 is 20.0 Å². The highest BCUT2D eigenvalue weighted by Gasteiger charge is 2.08. The van der Waals surface area contributed by atoms with Crippen LogP contribution in [0.3, 0.4) is 0 Å². The molecule has 0 spiro atoms. The molecule has 30 heavy (non-hydrogen) atoms. The molecule has 4 N–H and O–H groups in total. The van der Waals surface area contributed by atoms with Gasteiger partial charge in [0, 0.05) is 43.2 Å². The Bertz CT molecular complexity index is 1110. The first-order valence-electron chi connectivity index (χ1n) is 10.3. The Labute approximate surface area is 175 Å². The highest BCUT2D eigenvalue weighted by molar-refractivity contribution is 5.84. The fraction of sp³-hybridized carbons (Fsp3) is 0.318. The number of rotatable bonds is 8. The van der Waals surface area contributed by atoms with Crippen molar-refractivity contribution < 1.29 is 4.42 Å². The second kappa shape index (κ2) is 9.30. The van der Waals surface area contributed by atoms with E-state index in [0.29, 0.717) is 24.6 Å². The highest BCUT2D eigenvalue weighted by atomic mass is 16.3. The van der Waals surface area contributed by atoms with Gasteiger partial charge in [0.1, 0.15) is 5.82 Å². The van der Waals surface area contributed by atoms with Gasteiger partial charge in [-0.1, -0.05) is 12.1 Å². The molecule has 0 unspecified atom stereocenters. The lowest BCUT2D eigenvalue weighted by molar-refractivity contribution is 0.577. The first kappa shape index (κ1) is 19.8. The van der Waals surface area contributed by atoms with Gasteiger partial charge in [-0.05, 0) is 49.6 Å². The van der Waals surface area contributed by atoms with Crippen molar-refractivity contribution in [3.63, 3.8) is 0 Å². The van der Waals surface area contributed by atoms with Crippen molar-refractivity contribution in [3.8, 4) is 11.6 Å². The summed E-state index contributed by atoms with van der Waals surface area (Å²) < 4.78 is 5.32. The maximum atomic E-state index is 5.32. The van der Waals surface area contributed by atoms with Crippen molar-refractivity contribution in [1.82, 2.24) is 30.8 Å². The Morgan fingerprint density at radius 1 is 1.20 bits per heavy atom. The Morgan fingerprint density at radius 2 is 2.13 bits per heavy atom. The summed E-state index contributed by atoms with van der Waals surface area (Å²) in [5.41, 5.74) is 3.76. The van der Waals surface area contributed by atoms with Gasteiger partial charge in [0.25, 0.3) is 0 Å². The number of nitrogens with one attached hydrogen (secondary N) is 4. The highest BCUT2D eigenvalue weighted by Crippen LogP contribution is 2.19. The number of hydrogen-bond acceptors (Lipinski definition) is 4. The van der Waals surface area contributed by atoms with E-state index < -0.39 is 0 Å². The first-order valence-corrected chi connectivity index (χ1v) is 10.3. The van der Waals surface area contributed by atoms with E-state index in [-0.39, 0.29) is 0 Å². The van der Waals surface area contributed by atoms with Crippen LogP contribution in [0.4, 0.5) is 0 Å². The van der Waals surface area contributed by atoms with Gasteiger partial charge in [-0.3, -0.25) is 10.1 Å². The Balaban J connectivity index is 1.30. The van der Waals surface area contributed by atoms with Crippen molar-refractivity contribution in [1.29, 1.82) is 0 Å². The van der Waals surface area contributed by atoms with Crippen LogP contribution < -0.4 is 10.6 Å². The standard InChI is InChI=1S/C22H27N7O/c1-3-23-22(24-10-8-16-14-26-18-13-15(2)6-7-17(16)18)25-11-9-20-27-21(29-28-20)19-5-4-12-30-19/h4-7,12-14,26H,3,8-11H2,1-2H3,(H2,23,24,25)(H,27,28,29). The fourth-order valence-electron chi connectivity index (χ4n) is 3.36. The molecule has 3 heterocycles. The topological polar surface area (TPSA) is 107 Å². The van der Waals surface area contributed by atoms with E-state index in [9.17, 15) is 0 Å². The number of aliphatic imine (C=N–C) groups is 1. The lowest BCUT2D eigenvalue weighted by Gasteiger charge is -2.11. The lowest BCUT2D eigenvalue weighted by Crippen LogP contribution is -2.38. The maximum Gasteiger partial charge on any atom is 0.216 e. The summed E-state index contributed by atoms with van der Waals surface area (Å²) in [5.74, 6) is 2.82. The number of nitrogens with zero attached hydrogens (tertiary/aromatic N) is 3. The van der Waals surface area contributed by atoms with Crippen LogP contribution in [-0.4, -0.2) is 45.8 Å². The van der Waals surface area contributed by atoms with E-state index in [1.54, 1.807) is 6.26 Å². The lowest BCUT2D eigenvalue weighted by atomic mass is 10.1. The van der Waals surface area contributed by atoms with Gasteiger partial charge >= 0.3 is 0 Å². The van der Waals surface area contributed by atoms with Crippen molar-refractivity contribution in [2.75, 3.05) is 19.6 Å². The molecule has 0 amide bonds. The summed E-state index contributed by atoms with van der Waals surface area (Å²) in [6.45, 7) is 6.39. The zero-order valence-electron chi connectivity index (χ0n) is 17.3. The molecule has 3 aromatic heterocycles. The molecule has 0 fully saturated rings. The third-order valence-corrected chi connectivity index (χ3v) is 4.85. The number of aromatic nitrogens is 4. The molecule has 156 valence electrons. The predicted octanol–water partition coefficient (Wildman–Crippen LogP) is 3.19. The average Bonchev–Trinajstić information content (AvgIpc) is 3.49. The quantitative estimate of drug-likeness (QED) is 0.266. The van der Waals surface area contributed by atoms with Gasteiger partial charge in [0.15, 0.2) is 11.7 Å². The maximum absolute atomic E-state index is 5.32. The largest absolute Gasteiger partial charge is 0.461 e. The van der Waals surface area contributed by atoms with E-state index in [0.717, 1.165) is 31.3 Å². The van der Waals surface area contributed by atoms with E-state index in [1.165, 1.54) is 22.0 Å². The normalized spacial score (nSPS) is 11.9. The molecule has 4 rings (SSSR count). The van der Waals surface area contributed by atoms with Gasteiger partial charge in [0.2, 0.25) is 5.82 Å². The summed E-state index contributed by atoms with van der Waals surface area (Å²) in [4.78, 5) is 12.5. The third-order valence-electron chi connectivity index (χ3n) is 4.85. The van der Waals surface area contributed by atoms with E-state index in [1.807, 2.05) is 12.1 Å². The van der Waals surface area contributed by atoms with Crippen LogP contribution in [0.15, 0.2) is 52.2 Å². The number of furan rings is 1. The number of H-pyrrole nitrogens is 2. The molecule has 0 aliphatic carbocycles. The van der Waals surface area contributed by atoms with Crippen LogP contribution in [0.25, 0.3) is 22.5 Å². The predicted molar refractivity (Wildman–Crippen MR) is 119 cm³/mol. The molecule has 8 nitrogen and oxygen atoms in total. The first-order chi connectivity index (χ1) is 14.7. The van der Waals surface area contributed by atoms with E-state index in [4.69, 9.17) is 4.42 Å². The van der Waals surface area contributed by atoms with Gasteiger partial charge in [-0.25, -0.2) is 4.98 Å². The number of aryl methyl sites for hydroxylation is 1. The molecular weight excluding hydrogens is 378 g/mol. The minimum Gasteiger partial charge on any atom is -0.461 e. The minimum absolute atomic E-state index is 0.568. The van der Waals surface area contributed by atoms with E-state index in [2.05, 4.69) is 74.0 Å². The summed E-state index contributed by atoms with van der Waals surface area (Å²) >= 11 is 0. The van der Waals surface area contributed by atoms with Gasteiger partial charge in [-0.2, -0.15) is 5.10 Å². The molecule has 0 saturated heterocycles.